The molecule has 1 aliphatic rings. The predicted molar refractivity (Wildman–Crippen MR) is 114 cm³/mol. The predicted octanol–water partition coefficient (Wildman–Crippen LogP) is 4.19. The lowest BCUT2D eigenvalue weighted by Crippen LogP contribution is -2.50. The largest absolute Gasteiger partial charge is 0.482 e. The quantitative estimate of drug-likeness (QED) is 0.704. The van der Waals surface area contributed by atoms with E-state index in [9.17, 15) is 9.59 Å². The summed E-state index contributed by atoms with van der Waals surface area (Å²) >= 11 is 6.11. The molecule has 0 aromatic heterocycles. The van der Waals surface area contributed by atoms with Crippen LogP contribution in [0.1, 0.15) is 38.2 Å². The van der Waals surface area contributed by atoms with E-state index >= 15 is 0 Å². The van der Waals surface area contributed by atoms with Crippen LogP contribution < -0.4 is 10.1 Å². The molecule has 1 aliphatic carbocycles. The van der Waals surface area contributed by atoms with Crippen molar-refractivity contribution in [3.8, 4) is 5.75 Å². The molecule has 0 unspecified atom stereocenters. The summed E-state index contributed by atoms with van der Waals surface area (Å²) in [5.74, 6) is 0.0620. The third-order valence-corrected chi connectivity index (χ3v) is 5.56. The monoisotopic (exact) mass is 414 g/mol. The van der Waals surface area contributed by atoms with Crippen LogP contribution in [-0.2, 0) is 16.1 Å². The topological polar surface area (TPSA) is 58.6 Å². The molecule has 6 heteroatoms. The molecule has 2 amide bonds. The number of rotatable bonds is 8. The fraction of sp³-hybridized carbons (Fsp3) is 0.391. The Morgan fingerprint density at radius 1 is 1.10 bits per heavy atom. The Kier molecular flexibility index (Phi) is 7.53. The van der Waals surface area contributed by atoms with E-state index in [1.807, 2.05) is 30.3 Å². The summed E-state index contributed by atoms with van der Waals surface area (Å²) < 4.78 is 5.63. The van der Waals surface area contributed by atoms with Crippen LogP contribution >= 0.6 is 11.6 Å². The van der Waals surface area contributed by atoms with Crippen molar-refractivity contribution in [2.45, 2.75) is 51.2 Å². The van der Waals surface area contributed by atoms with Crippen LogP contribution in [0.2, 0.25) is 5.02 Å². The first kappa shape index (κ1) is 21.2. The minimum atomic E-state index is -0.599. The number of amides is 2. The van der Waals surface area contributed by atoms with Crippen LogP contribution in [0.4, 0.5) is 0 Å². The molecule has 0 aliphatic heterocycles. The van der Waals surface area contributed by atoms with Gasteiger partial charge >= 0.3 is 0 Å². The molecule has 3 rings (SSSR count). The summed E-state index contributed by atoms with van der Waals surface area (Å²) in [7, 11) is 0. The van der Waals surface area contributed by atoms with Gasteiger partial charge in [0.15, 0.2) is 6.61 Å². The van der Waals surface area contributed by atoms with Gasteiger partial charge < -0.3 is 15.0 Å². The Balaban J connectivity index is 1.69. The summed E-state index contributed by atoms with van der Waals surface area (Å²) in [6, 6.07) is 16.3. The molecule has 1 atom stereocenters. The van der Waals surface area contributed by atoms with E-state index in [0.717, 1.165) is 31.2 Å². The molecule has 5 nitrogen and oxygen atoms in total. The van der Waals surface area contributed by atoms with Crippen molar-refractivity contribution in [1.29, 1.82) is 0 Å². The zero-order chi connectivity index (χ0) is 20.6. The number of carbonyl (C=O) groups excluding carboxylic acids is 2. The van der Waals surface area contributed by atoms with Crippen molar-refractivity contribution < 1.29 is 14.3 Å². The van der Waals surface area contributed by atoms with Gasteiger partial charge in [-0.05, 0) is 37.5 Å². The first-order chi connectivity index (χ1) is 14.0. The lowest BCUT2D eigenvalue weighted by Gasteiger charge is -2.29. The van der Waals surface area contributed by atoms with Crippen LogP contribution in [0.5, 0.6) is 5.75 Å². The van der Waals surface area contributed by atoms with Crippen LogP contribution in [-0.4, -0.2) is 35.4 Å². The van der Waals surface area contributed by atoms with E-state index in [2.05, 4.69) is 5.32 Å². The Labute approximate surface area is 177 Å². The van der Waals surface area contributed by atoms with Crippen LogP contribution in [0.25, 0.3) is 0 Å². The van der Waals surface area contributed by atoms with Gasteiger partial charge in [0, 0.05) is 12.6 Å². The molecule has 0 bridgehead atoms. The first-order valence-corrected chi connectivity index (χ1v) is 10.4. The van der Waals surface area contributed by atoms with E-state index in [4.69, 9.17) is 16.3 Å². The van der Waals surface area contributed by atoms with Gasteiger partial charge in [0.1, 0.15) is 11.8 Å². The maximum absolute atomic E-state index is 13.0. The van der Waals surface area contributed by atoms with Crippen LogP contribution in [0, 0.1) is 0 Å². The Hall–Kier alpha value is -2.53. The summed E-state index contributed by atoms with van der Waals surface area (Å²) in [5, 5.41) is 3.53. The molecule has 0 saturated heterocycles. The molecule has 2 aromatic carbocycles. The number of para-hydroxylation sites is 1. The van der Waals surface area contributed by atoms with Crippen molar-refractivity contribution in [1.82, 2.24) is 10.2 Å². The molecule has 1 N–H and O–H groups in total. The zero-order valence-corrected chi connectivity index (χ0v) is 17.4. The number of hydrogen-bond acceptors (Lipinski definition) is 3. The van der Waals surface area contributed by atoms with Gasteiger partial charge in [0.2, 0.25) is 5.91 Å². The molecule has 29 heavy (non-hydrogen) atoms. The summed E-state index contributed by atoms with van der Waals surface area (Å²) in [6.45, 7) is 1.92. The summed E-state index contributed by atoms with van der Waals surface area (Å²) in [5.41, 5.74) is 0.958. The summed E-state index contributed by atoms with van der Waals surface area (Å²) in [6.07, 6.45) is 4.27. The van der Waals surface area contributed by atoms with Gasteiger partial charge in [0.05, 0.1) is 5.02 Å². The Morgan fingerprint density at radius 3 is 2.45 bits per heavy atom. The highest BCUT2D eigenvalue weighted by Crippen LogP contribution is 2.23. The molecule has 0 radical (unpaired) electrons. The number of halogens is 1. The fourth-order valence-corrected chi connectivity index (χ4v) is 3.73. The second-order valence-corrected chi connectivity index (χ2v) is 7.80. The van der Waals surface area contributed by atoms with Crippen molar-refractivity contribution >= 4 is 23.4 Å². The molecule has 0 spiro atoms. The number of benzene rings is 2. The Bertz CT molecular complexity index is 822. The minimum absolute atomic E-state index is 0.126. The van der Waals surface area contributed by atoms with E-state index in [1.165, 1.54) is 0 Å². The SMILES string of the molecule is C[C@H](C(=O)NC1CCCC1)N(Cc1ccccc1)C(=O)COc1ccccc1Cl. The van der Waals surface area contributed by atoms with E-state index in [1.54, 1.807) is 36.1 Å². The van der Waals surface area contributed by atoms with E-state index in [0.29, 0.717) is 17.3 Å². The number of nitrogens with one attached hydrogen (secondary N) is 1. The van der Waals surface area contributed by atoms with Gasteiger partial charge in [-0.3, -0.25) is 9.59 Å². The average molecular weight is 415 g/mol. The van der Waals surface area contributed by atoms with Gasteiger partial charge in [0.25, 0.3) is 5.91 Å². The number of nitrogens with zero attached hydrogens (tertiary/aromatic N) is 1. The van der Waals surface area contributed by atoms with E-state index < -0.39 is 6.04 Å². The third-order valence-electron chi connectivity index (χ3n) is 5.25. The van der Waals surface area contributed by atoms with Crippen molar-refractivity contribution in [2.75, 3.05) is 6.61 Å². The van der Waals surface area contributed by atoms with E-state index in [-0.39, 0.29) is 24.5 Å². The zero-order valence-electron chi connectivity index (χ0n) is 16.6. The lowest BCUT2D eigenvalue weighted by atomic mass is 10.1. The van der Waals surface area contributed by atoms with Gasteiger partial charge in [-0.2, -0.15) is 0 Å². The fourth-order valence-electron chi connectivity index (χ4n) is 3.54. The molecular formula is C23H27ClN2O3. The minimum Gasteiger partial charge on any atom is -0.482 e. The van der Waals surface area contributed by atoms with Crippen molar-refractivity contribution in [3.05, 3.63) is 65.2 Å². The highest BCUT2D eigenvalue weighted by molar-refractivity contribution is 6.32. The van der Waals surface area contributed by atoms with Gasteiger partial charge in [-0.25, -0.2) is 0 Å². The van der Waals surface area contributed by atoms with Gasteiger partial charge in [-0.15, -0.1) is 0 Å². The second kappa shape index (κ2) is 10.3. The standard InChI is InChI=1S/C23H27ClN2O3/c1-17(23(28)25-19-11-5-6-12-19)26(15-18-9-3-2-4-10-18)22(27)16-29-21-14-8-7-13-20(21)24/h2-4,7-10,13-14,17,19H,5-6,11-12,15-16H2,1H3,(H,25,28)/t17-/m1/s1. The molecule has 0 heterocycles. The lowest BCUT2D eigenvalue weighted by molar-refractivity contribution is -0.142. The average Bonchev–Trinajstić information content (AvgIpc) is 3.24. The number of hydrogen-bond donors (Lipinski definition) is 1. The second-order valence-electron chi connectivity index (χ2n) is 7.39. The third kappa shape index (κ3) is 5.97. The molecule has 1 saturated carbocycles. The Morgan fingerprint density at radius 2 is 1.76 bits per heavy atom. The summed E-state index contributed by atoms with van der Waals surface area (Å²) in [4.78, 5) is 27.4. The van der Waals surface area contributed by atoms with Gasteiger partial charge in [-0.1, -0.05) is 66.9 Å². The molecule has 1 fully saturated rings. The highest BCUT2D eigenvalue weighted by atomic mass is 35.5. The number of carbonyl (C=O) groups is 2. The smallest absolute Gasteiger partial charge is 0.261 e. The molecular weight excluding hydrogens is 388 g/mol. The first-order valence-electron chi connectivity index (χ1n) is 10.1. The molecule has 154 valence electrons. The normalized spacial score (nSPS) is 15.0. The maximum Gasteiger partial charge on any atom is 0.261 e. The van der Waals surface area contributed by atoms with Crippen LogP contribution in [0.3, 0.4) is 0 Å². The highest BCUT2D eigenvalue weighted by Gasteiger charge is 2.28. The number of ether oxygens (including phenoxy) is 1. The molecule has 2 aromatic rings. The maximum atomic E-state index is 13.0. The van der Waals surface area contributed by atoms with Crippen molar-refractivity contribution in [2.24, 2.45) is 0 Å². The van der Waals surface area contributed by atoms with Crippen molar-refractivity contribution in [3.63, 3.8) is 0 Å². The van der Waals surface area contributed by atoms with Crippen LogP contribution in [0.15, 0.2) is 54.6 Å².